The quantitative estimate of drug-likeness (QED) is 0.623. The molecule has 0 aliphatic carbocycles. The van der Waals surface area contributed by atoms with E-state index in [4.69, 9.17) is 4.84 Å². The molecule has 3 nitrogen and oxygen atoms in total. The average Bonchev–Trinajstić information content (AvgIpc) is 2.05. The maximum absolute atomic E-state index is 11.2. The van der Waals surface area contributed by atoms with Gasteiger partial charge in [-0.25, -0.2) is 0 Å². The molecular weight excluding hydrogens is 269 g/mol. The van der Waals surface area contributed by atoms with E-state index in [1.165, 1.54) is 0 Å². The Labute approximate surface area is 121 Å². The van der Waals surface area contributed by atoms with Gasteiger partial charge in [-0.15, -0.1) is 0 Å². The number of benzene rings is 1. The molecule has 15 heavy (non-hydrogen) atoms. The molecular formula is C10H12BrNNaO2+. The number of rotatable bonds is 0. The van der Waals surface area contributed by atoms with Crippen molar-refractivity contribution in [1.29, 1.82) is 0 Å². The van der Waals surface area contributed by atoms with Crippen LogP contribution in [0.25, 0.3) is 0 Å². The van der Waals surface area contributed by atoms with Crippen molar-refractivity contribution < 1.29 is 40.7 Å². The zero-order chi connectivity index (χ0) is 10.3. The zero-order valence-electron chi connectivity index (χ0n) is 10.1. The van der Waals surface area contributed by atoms with Crippen LogP contribution in [0.3, 0.4) is 0 Å². The van der Waals surface area contributed by atoms with Crippen LogP contribution in [0.5, 0.6) is 5.75 Å². The molecule has 1 aromatic carbocycles. The number of halogens is 1. The Morgan fingerprint density at radius 3 is 2.87 bits per heavy atom. The molecule has 5 heteroatoms. The summed E-state index contributed by atoms with van der Waals surface area (Å²) >= 11 is 3.41. The fourth-order valence-corrected chi connectivity index (χ4v) is 2.02. The van der Waals surface area contributed by atoms with Crippen LogP contribution in [-0.4, -0.2) is 11.5 Å². The maximum Gasteiger partial charge on any atom is 1.00 e. The second-order valence-electron chi connectivity index (χ2n) is 4.11. The smallest absolute Gasteiger partial charge is 1.00 e. The van der Waals surface area contributed by atoms with E-state index in [1.807, 2.05) is 32.0 Å². The Kier molecular flexibility index (Phi) is 3.98. The van der Waals surface area contributed by atoms with Gasteiger partial charge in [-0.05, 0) is 32.0 Å². The maximum atomic E-state index is 11.2. The normalized spacial score (nSPS) is 17.4. The summed E-state index contributed by atoms with van der Waals surface area (Å²) in [4.78, 5) is 16.9. The first-order valence-electron chi connectivity index (χ1n) is 4.42. The van der Waals surface area contributed by atoms with E-state index >= 15 is 0 Å². The third kappa shape index (κ3) is 2.61. The van der Waals surface area contributed by atoms with Gasteiger partial charge in [0.05, 0.1) is 10.3 Å². The molecule has 1 aliphatic rings. The van der Waals surface area contributed by atoms with E-state index in [2.05, 4.69) is 15.9 Å². The van der Waals surface area contributed by atoms with Gasteiger partial charge in [0.15, 0.2) is 0 Å². The third-order valence-electron chi connectivity index (χ3n) is 2.40. The summed E-state index contributed by atoms with van der Waals surface area (Å²) in [5, 5.41) is 0. The van der Waals surface area contributed by atoms with E-state index in [0.29, 0.717) is 17.2 Å². The average molecular weight is 281 g/mol. The van der Waals surface area contributed by atoms with Gasteiger partial charge in [-0.1, -0.05) is 15.9 Å². The summed E-state index contributed by atoms with van der Waals surface area (Å²) in [5.74, 6) is 0.652. The first-order valence-corrected chi connectivity index (χ1v) is 5.21. The summed E-state index contributed by atoms with van der Waals surface area (Å²) in [6.07, 6.45) is 0. The number of hydrogen-bond acceptors (Lipinski definition) is 2. The van der Waals surface area contributed by atoms with Crippen molar-refractivity contribution in [2.24, 2.45) is 0 Å². The number of hydrogen-bond donors (Lipinski definition) is 0. The van der Waals surface area contributed by atoms with Crippen LogP contribution in [0.4, 0.5) is 0 Å². The molecule has 1 heterocycles. The fourth-order valence-electron chi connectivity index (χ4n) is 1.66. The van der Waals surface area contributed by atoms with Gasteiger partial charge in [0.25, 0.3) is 6.54 Å². The minimum Gasteiger partial charge on any atom is -1.00 e. The Morgan fingerprint density at radius 2 is 2.20 bits per heavy atom. The van der Waals surface area contributed by atoms with Gasteiger partial charge in [0.2, 0.25) is 10.7 Å². The minimum absolute atomic E-state index is 0. The van der Waals surface area contributed by atoms with Crippen LogP contribution < -0.4 is 34.4 Å². The van der Waals surface area contributed by atoms with Crippen LogP contribution in [0.15, 0.2) is 22.7 Å². The van der Waals surface area contributed by atoms with Gasteiger partial charge in [0, 0.05) is 10.0 Å². The van der Waals surface area contributed by atoms with Gasteiger partial charge in [0.1, 0.15) is 0 Å². The first kappa shape index (κ1) is 13.2. The minimum atomic E-state index is -0.168. The van der Waals surface area contributed by atoms with Crippen LogP contribution in [0.2, 0.25) is 0 Å². The van der Waals surface area contributed by atoms with Crippen molar-refractivity contribution in [3.63, 3.8) is 0 Å². The molecule has 76 valence electrons. The molecule has 0 fully saturated rings. The summed E-state index contributed by atoms with van der Waals surface area (Å²) in [6, 6.07) is 5.68. The van der Waals surface area contributed by atoms with Gasteiger partial charge >= 0.3 is 29.6 Å². The molecule has 0 saturated heterocycles. The van der Waals surface area contributed by atoms with Crippen molar-refractivity contribution in [2.45, 2.75) is 19.3 Å². The van der Waals surface area contributed by atoms with E-state index in [9.17, 15) is 4.91 Å². The number of fused-ring (bicyclic) bond motifs is 1. The summed E-state index contributed by atoms with van der Waals surface area (Å²) in [6.45, 7) is 4.42. The molecule has 0 N–H and O–H groups in total. The molecule has 0 unspecified atom stereocenters. The topological polar surface area (TPSA) is 29.3 Å². The van der Waals surface area contributed by atoms with Gasteiger partial charge < -0.3 is 1.43 Å². The van der Waals surface area contributed by atoms with Crippen LogP contribution in [-0.2, 0) is 5.41 Å². The Morgan fingerprint density at radius 1 is 1.53 bits per heavy atom. The van der Waals surface area contributed by atoms with Crippen molar-refractivity contribution in [2.75, 3.05) is 6.54 Å². The summed E-state index contributed by atoms with van der Waals surface area (Å²) in [5.41, 5.74) is 0.901. The molecule has 0 amide bonds. The molecule has 0 saturated carbocycles. The molecule has 0 bridgehead atoms. The van der Waals surface area contributed by atoms with E-state index in [-0.39, 0.29) is 36.4 Å². The van der Waals surface area contributed by atoms with Crippen molar-refractivity contribution in [3.8, 4) is 5.75 Å². The van der Waals surface area contributed by atoms with E-state index in [1.54, 1.807) is 0 Å². The Hall–Kier alpha value is 0.1000. The molecule has 0 spiro atoms. The predicted molar refractivity (Wildman–Crippen MR) is 57.4 cm³/mol. The molecule has 2 rings (SSSR count). The zero-order valence-corrected chi connectivity index (χ0v) is 12.7. The number of nitrogens with zero attached hydrogens (tertiary/aromatic N) is 1. The van der Waals surface area contributed by atoms with Crippen LogP contribution >= 0.6 is 15.9 Å². The van der Waals surface area contributed by atoms with Crippen LogP contribution in [0, 0.1) is 4.91 Å². The van der Waals surface area contributed by atoms with Crippen molar-refractivity contribution in [3.05, 3.63) is 33.1 Å². The Bertz CT molecular complexity index is 412. The molecule has 0 radical (unpaired) electrons. The molecule has 1 aliphatic heterocycles. The Balaban J connectivity index is 0.00000112. The van der Waals surface area contributed by atoms with Gasteiger partial charge in [-0.2, -0.15) is 4.84 Å². The predicted octanol–water partition coefficient (Wildman–Crippen LogP) is -0.0705. The van der Waals surface area contributed by atoms with E-state index < -0.39 is 0 Å². The molecule has 1 aromatic rings. The monoisotopic (exact) mass is 280 g/mol. The molecule has 0 atom stereocenters. The first-order chi connectivity index (χ1) is 6.49. The fraction of sp³-hybridized carbons (Fsp3) is 0.400. The second-order valence-corrected chi connectivity index (χ2v) is 5.02. The summed E-state index contributed by atoms with van der Waals surface area (Å²) in [7, 11) is 0. The standard InChI is InChI=1S/C10H11BrNO2.Na.H/c1-10(2)6-12(13)14-9-4-3-7(11)5-8(9)10;;/h3-5H,6H2,1-2H3;;/q2*+1;-1. The SMILES string of the molecule is CC1(C)C[N+](=O)Oc2ccc(Br)cc21.[H-].[Na+]. The van der Waals surface area contributed by atoms with Gasteiger partial charge in [-0.3, -0.25) is 0 Å². The second kappa shape index (κ2) is 4.53. The van der Waals surface area contributed by atoms with Crippen molar-refractivity contribution in [1.82, 2.24) is 0 Å². The molecule has 0 aromatic heterocycles. The third-order valence-corrected chi connectivity index (χ3v) is 2.89. The van der Waals surface area contributed by atoms with Crippen LogP contribution in [0.1, 0.15) is 20.8 Å². The van der Waals surface area contributed by atoms with Crippen molar-refractivity contribution >= 4 is 15.9 Å². The largest absolute Gasteiger partial charge is 1.00 e. The summed E-state index contributed by atoms with van der Waals surface area (Å²) < 4.78 is 1.01. The van der Waals surface area contributed by atoms with E-state index in [0.717, 1.165) is 10.0 Å².